The van der Waals surface area contributed by atoms with Crippen molar-refractivity contribution in [2.75, 3.05) is 26.2 Å². The summed E-state index contributed by atoms with van der Waals surface area (Å²) in [6.07, 6.45) is 6.19. The van der Waals surface area contributed by atoms with Gasteiger partial charge in [-0.1, -0.05) is 57.0 Å². The van der Waals surface area contributed by atoms with Crippen molar-refractivity contribution in [3.63, 3.8) is 0 Å². The zero-order valence-electron chi connectivity index (χ0n) is 21.5. The molecule has 0 radical (unpaired) electrons. The van der Waals surface area contributed by atoms with Crippen LogP contribution in [0.3, 0.4) is 0 Å². The van der Waals surface area contributed by atoms with Crippen molar-refractivity contribution in [1.29, 1.82) is 0 Å². The van der Waals surface area contributed by atoms with Gasteiger partial charge in [-0.3, -0.25) is 9.69 Å². The average Bonchev–Trinajstić information content (AvgIpc) is 3.34. The first-order valence-corrected chi connectivity index (χ1v) is 13.6. The van der Waals surface area contributed by atoms with Crippen LogP contribution in [0.15, 0.2) is 23.3 Å². The van der Waals surface area contributed by atoms with E-state index in [2.05, 4.69) is 38.3 Å². The van der Waals surface area contributed by atoms with E-state index in [0.717, 1.165) is 37.7 Å². The van der Waals surface area contributed by atoms with Gasteiger partial charge >= 0.3 is 5.97 Å². The summed E-state index contributed by atoms with van der Waals surface area (Å²) in [5, 5.41) is 11.6. The van der Waals surface area contributed by atoms with Crippen LogP contribution in [0.1, 0.15) is 53.4 Å². The fourth-order valence-corrected chi connectivity index (χ4v) is 9.50. The number of aliphatic carboxylic acids is 1. The Balaban J connectivity index is 1.53. The summed E-state index contributed by atoms with van der Waals surface area (Å²) in [7, 11) is 0. The van der Waals surface area contributed by atoms with Gasteiger partial charge in [0.05, 0.1) is 18.1 Å². The highest BCUT2D eigenvalue weighted by molar-refractivity contribution is 6.29. The second-order valence-corrected chi connectivity index (χ2v) is 12.9. The van der Waals surface area contributed by atoms with Crippen LogP contribution >= 0.6 is 11.6 Å². The molecule has 4 bridgehead atoms. The topological polar surface area (TPSA) is 76.1 Å². The Kier molecular flexibility index (Phi) is 6.31. The Bertz CT molecular complexity index is 950. The van der Waals surface area contributed by atoms with Gasteiger partial charge < -0.3 is 19.4 Å². The summed E-state index contributed by atoms with van der Waals surface area (Å²) in [5.41, 5.74) is -1.77. The number of ether oxygens (including phenoxy) is 2. The van der Waals surface area contributed by atoms with Crippen molar-refractivity contribution in [3.05, 3.63) is 23.3 Å². The highest BCUT2D eigenvalue weighted by Gasteiger charge is 2.84. The molecule has 6 nitrogen and oxygen atoms in total. The summed E-state index contributed by atoms with van der Waals surface area (Å²) in [6, 6.07) is 0. The molecule has 2 unspecified atom stereocenters. The number of carbonyl (C=O) groups excluding carboxylic acids is 1. The van der Waals surface area contributed by atoms with Crippen molar-refractivity contribution in [2.24, 2.45) is 45.8 Å². The lowest BCUT2D eigenvalue weighted by atomic mass is 9.43. The molecule has 194 valence electrons. The quantitative estimate of drug-likeness (QED) is 0.380. The predicted molar refractivity (Wildman–Crippen MR) is 134 cm³/mol. The van der Waals surface area contributed by atoms with Gasteiger partial charge in [-0.05, 0) is 55.8 Å². The fraction of sp³-hybridized carbons (Fsp3) is 0.786. The van der Waals surface area contributed by atoms with Gasteiger partial charge in [0, 0.05) is 30.1 Å². The molecule has 0 aromatic carbocycles. The second-order valence-electron chi connectivity index (χ2n) is 12.4. The number of carboxylic acids is 1. The molecule has 0 amide bonds. The summed E-state index contributed by atoms with van der Waals surface area (Å²) < 4.78 is 12.7. The highest BCUT2D eigenvalue weighted by Crippen LogP contribution is 2.82. The number of carboxylic acid groups (broad SMARTS) is 1. The van der Waals surface area contributed by atoms with Crippen molar-refractivity contribution in [1.82, 2.24) is 4.90 Å². The predicted octanol–water partition coefficient (Wildman–Crippen LogP) is 4.73. The van der Waals surface area contributed by atoms with E-state index in [4.69, 9.17) is 21.1 Å². The maximum atomic E-state index is 13.5. The third-order valence-electron chi connectivity index (χ3n) is 10.4. The molecule has 7 heteroatoms. The number of hydrogen-bond acceptors (Lipinski definition) is 5. The van der Waals surface area contributed by atoms with Crippen molar-refractivity contribution >= 4 is 23.9 Å². The van der Waals surface area contributed by atoms with Crippen LogP contribution in [0.2, 0.25) is 0 Å². The largest absolute Gasteiger partial charge is 0.481 e. The average molecular weight is 506 g/mol. The number of halogens is 1. The summed E-state index contributed by atoms with van der Waals surface area (Å²) in [5.74, 6) is 0.205. The highest BCUT2D eigenvalue weighted by atomic mass is 35.5. The van der Waals surface area contributed by atoms with E-state index in [0.29, 0.717) is 36.4 Å². The maximum absolute atomic E-state index is 13.5. The van der Waals surface area contributed by atoms with Gasteiger partial charge in [-0.15, -0.1) is 0 Å². The molecule has 1 heterocycles. The molecule has 9 atom stereocenters. The number of aldehydes is 1. The molecule has 0 aromatic rings. The van der Waals surface area contributed by atoms with Crippen LogP contribution in [0, 0.1) is 45.8 Å². The zero-order valence-corrected chi connectivity index (χ0v) is 22.2. The number of nitrogens with zero attached hydrogens (tertiary/aromatic N) is 1. The Morgan fingerprint density at radius 3 is 2.71 bits per heavy atom. The number of rotatable bonds is 8. The van der Waals surface area contributed by atoms with Crippen LogP contribution in [-0.4, -0.2) is 60.9 Å². The Morgan fingerprint density at radius 2 is 2.09 bits per heavy atom. The van der Waals surface area contributed by atoms with Crippen LogP contribution in [0.25, 0.3) is 0 Å². The summed E-state index contributed by atoms with van der Waals surface area (Å²) in [4.78, 5) is 28.8. The van der Waals surface area contributed by atoms with Crippen LogP contribution < -0.4 is 0 Å². The third-order valence-corrected chi connectivity index (χ3v) is 10.5. The molecule has 3 saturated carbocycles. The van der Waals surface area contributed by atoms with Crippen LogP contribution in [-0.2, 0) is 19.1 Å². The van der Waals surface area contributed by atoms with Gasteiger partial charge in [0.15, 0.2) is 6.29 Å². The fourth-order valence-electron chi connectivity index (χ4n) is 9.33. The van der Waals surface area contributed by atoms with Gasteiger partial charge in [-0.2, -0.15) is 0 Å². The van der Waals surface area contributed by atoms with E-state index in [-0.39, 0.29) is 30.5 Å². The van der Waals surface area contributed by atoms with Crippen molar-refractivity contribution in [3.8, 4) is 0 Å². The smallest absolute Gasteiger partial charge is 0.315 e. The monoisotopic (exact) mass is 505 g/mol. The second kappa shape index (κ2) is 8.68. The lowest BCUT2D eigenvalue weighted by Crippen LogP contribution is -2.64. The van der Waals surface area contributed by atoms with Gasteiger partial charge in [0.25, 0.3) is 0 Å². The molecule has 1 saturated heterocycles. The number of carbonyl (C=O) groups is 2. The molecule has 35 heavy (non-hydrogen) atoms. The molecule has 1 N–H and O–H groups in total. The van der Waals surface area contributed by atoms with Crippen molar-refractivity contribution < 1.29 is 24.2 Å². The lowest BCUT2D eigenvalue weighted by Gasteiger charge is -2.58. The van der Waals surface area contributed by atoms with E-state index in [1.165, 1.54) is 0 Å². The van der Waals surface area contributed by atoms with E-state index < -0.39 is 28.5 Å². The Morgan fingerprint density at radius 1 is 1.34 bits per heavy atom. The molecule has 1 aliphatic heterocycles. The standard InChI is InChI=1S/C28H40ClNO5/c1-16(2)23-8-20-9-26(14-31)22-7-6-17(3)21(22)10-27(20,28(23,26)25(32)33)15-34-24-13-30(11-18(4)29)12-19(5)35-24/h8,14,16-17,19-22,24H,4,6-7,9-13,15H2,1-3,5H3,(H,32,33)/t17-,19?,20+,21-,22-,24?,26-,27+,28+/m1/s1. The van der Waals surface area contributed by atoms with E-state index >= 15 is 0 Å². The third kappa shape index (κ3) is 3.32. The first-order valence-electron chi connectivity index (χ1n) is 13.3. The number of hydrogen-bond donors (Lipinski definition) is 1. The minimum atomic E-state index is -1.21. The minimum absolute atomic E-state index is 0.0266. The molecule has 4 fully saturated rings. The van der Waals surface area contributed by atoms with Crippen LogP contribution in [0.5, 0.6) is 0 Å². The molecule has 5 aliphatic rings. The van der Waals surface area contributed by atoms with Crippen LogP contribution in [0.4, 0.5) is 0 Å². The zero-order chi connectivity index (χ0) is 25.3. The van der Waals surface area contributed by atoms with Gasteiger partial charge in [0.1, 0.15) is 11.7 Å². The number of fused-ring (bicyclic) bond motifs is 2. The first kappa shape index (κ1) is 25.4. The van der Waals surface area contributed by atoms with E-state index in [1.807, 2.05) is 6.92 Å². The molecule has 4 aliphatic carbocycles. The first-order chi connectivity index (χ1) is 16.5. The Labute approximate surface area is 214 Å². The van der Waals surface area contributed by atoms with Gasteiger partial charge in [0.2, 0.25) is 0 Å². The van der Waals surface area contributed by atoms with E-state index in [9.17, 15) is 14.7 Å². The SMILES string of the molecule is C=C(Cl)CN1CC(C)OC(OC[C@@]23C[C@@H]4[C@H](C)CC[C@H]4[C@]4(C=O)C[C@@H]2C=C(C(C)C)[C@@]34C(=O)O)C1. The molecular formula is C28H40ClNO5. The maximum Gasteiger partial charge on any atom is 0.315 e. The summed E-state index contributed by atoms with van der Waals surface area (Å²) >= 11 is 6.07. The summed E-state index contributed by atoms with van der Waals surface area (Å²) in [6.45, 7) is 14.4. The molecule has 0 aromatic heterocycles. The molecular weight excluding hydrogens is 466 g/mol. The molecule has 0 spiro atoms. The number of allylic oxidation sites excluding steroid dienone is 1. The van der Waals surface area contributed by atoms with E-state index in [1.54, 1.807) is 0 Å². The Hall–Kier alpha value is -1.21. The van der Waals surface area contributed by atoms with Gasteiger partial charge in [-0.25, -0.2) is 0 Å². The molecule has 5 rings (SSSR count). The van der Waals surface area contributed by atoms with Crippen molar-refractivity contribution in [2.45, 2.75) is 65.8 Å². The normalized spacial score (nSPS) is 46.5. The minimum Gasteiger partial charge on any atom is -0.481 e. The number of morpholine rings is 1. The lowest BCUT2D eigenvalue weighted by molar-refractivity contribution is -0.235.